The summed E-state index contributed by atoms with van der Waals surface area (Å²) < 4.78 is 4.62. The van der Waals surface area contributed by atoms with Gasteiger partial charge in [-0.15, -0.1) is 0 Å². The molecule has 0 rings (SSSR count). The zero-order valence-electron chi connectivity index (χ0n) is 7.14. The first-order chi connectivity index (χ1) is 4.84. The molecule has 0 amide bonds. The Morgan fingerprint density at radius 3 is 2.09 bits per heavy atom. The van der Waals surface area contributed by atoms with E-state index >= 15 is 0 Å². The Bertz CT molecular complexity index is 165. The molecule has 3 heteroatoms. The number of Topliss-reactive ketones (excluding diaryl/α,β-unsaturated/α-hetero) is 1. The summed E-state index contributed by atoms with van der Waals surface area (Å²) in [5, 5.41) is 0. The Morgan fingerprint density at radius 2 is 1.82 bits per heavy atom. The summed E-state index contributed by atoms with van der Waals surface area (Å²) in [5.41, 5.74) is -0.546. The molecule has 63 valence electrons. The minimum Gasteiger partial charge on any atom is -0.457 e. The molecular weight excluding hydrogens is 144 g/mol. The second kappa shape index (κ2) is 3.51. The lowest BCUT2D eigenvalue weighted by Crippen LogP contribution is -2.24. The van der Waals surface area contributed by atoms with E-state index in [0.717, 1.165) is 0 Å². The summed E-state index contributed by atoms with van der Waals surface area (Å²) in [4.78, 5) is 21.3. The standard InChI is InChI=1S/C8H13O3/c1-6(9)5-11-7(10)8(2,3)4/h1,5H2,2-4H3. The third-order valence-corrected chi connectivity index (χ3v) is 0.977. The van der Waals surface area contributed by atoms with Crippen molar-refractivity contribution in [3.05, 3.63) is 6.92 Å². The van der Waals surface area contributed by atoms with Crippen LogP contribution in [0.1, 0.15) is 20.8 Å². The third kappa shape index (κ3) is 4.53. The van der Waals surface area contributed by atoms with Gasteiger partial charge in [-0.05, 0) is 20.8 Å². The van der Waals surface area contributed by atoms with Gasteiger partial charge in [-0.2, -0.15) is 0 Å². The molecule has 0 saturated heterocycles. The maximum atomic E-state index is 11.0. The smallest absolute Gasteiger partial charge is 0.311 e. The number of ether oxygens (including phenoxy) is 1. The highest BCUT2D eigenvalue weighted by Crippen LogP contribution is 2.14. The van der Waals surface area contributed by atoms with Crippen LogP contribution in [-0.4, -0.2) is 18.4 Å². The first kappa shape index (κ1) is 10.1. The first-order valence-electron chi connectivity index (χ1n) is 3.36. The Hall–Kier alpha value is -0.860. The van der Waals surface area contributed by atoms with Gasteiger partial charge in [0.15, 0.2) is 5.78 Å². The fourth-order valence-corrected chi connectivity index (χ4v) is 0.363. The van der Waals surface area contributed by atoms with Crippen molar-refractivity contribution in [1.29, 1.82) is 0 Å². The first-order valence-corrected chi connectivity index (χ1v) is 3.36. The van der Waals surface area contributed by atoms with E-state index in [1.807, 2.05) is 0 Å². The monoisotopic (exact) mass is 157 g/mol. The van der Waals surface area contributed by atoms with E-state index in [1.54, 1.807) is 20.8 Å². The van der Waals surface area contributed by atoms with Crippen LogP contribution < -0.4 is 0 Å². The molecule has 0 unspecified atom stereocenters. The highest BCUT2D eigenvalue weighted by Gasteiger charge is 2.22. The predicted octanol–water partition coefficient (Wildman–Crippen LogP) is 0.979. The lowest BCUT2D eigenvalue weighted by molar-refractivity contribution is -0.155. The Labute approximate surface area is 66.7 Å². The number of esters is 1. The lowest BCUT2D eigenvalue weighted by Gasteiger charge is -2.15. The van der Waals surface area contributed by atoms with E-state index < -0.39 is 5.41 Å². The highest BCUT2D eigenvalue weighted by molar-refractivity contribution is 5.86. The minimum absolute atomic E-state index is 0.226. The molecule has 0 aliphatic heterocycles. The normalized spacial score (nSPS) is 10.9. The molecule has 0 aliphatic rings. The molecular formula is C8H13O3. The van der Waals surface area contributed by atoms with Gasteiger partial charge in [0.1, 0.15) is 6.61 Å². The van der Waals surface area contributed by atoms with Crippen molar-refractivity contribution in [2.75, 3.05) is 6.61 Å². The van der Waals surface area contributed by atoms with Gasteiger partial charge in [0, 0.05) is 6.92 Å². The van der Waals surface area contributed by atoms with Crippen LogP contribution in [0.4, 0.5) is 0 Å². The second-order valence-corrected chi connectivity index (χ2v) is 3.36. The molecule has 3 nitrogen and oxygen atoms in total. The number of carbonyl (C=O) groups excluding carboxylic acids is 2. The molecule has 0 aromatic heterocycles. The van der Waals surface area contributed by atoms with Gasteiger partial charge in [-0.25, -0.2) is 0 Å². The molecule has 0 heterocycles. The zero-order valence-corrected chi connectivity index (χ0v) is 7.14. The topological polar surface area (TPSA) is 43.4 Å². The van der Waals surface area contributed by atoms with E-state index in [0.29, 0.717) is 0 Å². The lowest BCUT2D eigenvalue weighted by atomic mass is 9.97. The number of ketones is 1. The fourth-order valence-electron chi connectivity index (χ4n) is 0.363. The van der Waals surface area contributed by atoms with Crippen molar-refractivity contribution < 1.29 is 14.3 Å². The van der Waals surface area contributed by atoms with Crippen LogP contribution in [-0.2, 0) is 14.3 Å². The maximum absolute atomic E-state index is 11.0. The summed E-state index contributed by atoms with van der Waals surface area (Å²) in [6, 6.07) is 0. The van der Waals surface area contributed by atoms with Crippen LogP contribution in [0.2, 0.25) is 0 Å². The molecule has 0 aromatic rings. The number of carbonyl (C=O) groups is 2. The minimum atomic E-state index is -0.546. The van der Waals surface area contributed by atoms with E-state index in [4.69, 9.17) is 0 Å². The van der Waals surface area contributed by atoms with Gasteiger partial charge in [0.05, 0.1) is 5.41 Å². The second-order valence-electron chi connectivity index (χ2n) is 3.36. The van der Waals surface area contributed by atoms with Crippen molar-refractivity contribution in [3.8, 4) is 0 Å². The van der Waals surface area contributed by atoms with Gasteiger partial charge in [0.2, 0.25) is 0 Å². The molecule has 11 heavy (non-hydrogen) atoms. The molecule has 0 fully saturated rings. The maximum Gasteiger partial charge on any atom is 0.311 e. The molecule has 0 saturated carbocycles. The van der Waals surface area contributed by atoms with Crippen LogP contribution in [0, 0.1) is 12.3 Å². The zero-order chi connectivity index (χ0) is 9.07. The average Bonchev–Trinajstić information content (AvgIpc) is 1.80. The SMILES string of the molecule is [CH2]C(=O)COC(=O)C(C)(C)C. The van der Waals surface area contributed by atoms with Gasteiger partial charge < -0.3 is 4.74 Å². The van der Waals surface area contributed by atoms with Crippen LogP contribution in [0.15, 0.2) is 0 Å². The van der Waals surface area contributed by atoms with E-state index in [1.165, 1.54) is 0 Å². The largest absolute Gasteiger partial charge is 0.457 e. The summed E-state index contributed by atoms with van der Waals surface area (Å²) in [6.45, 7) is 8.03. The number of hydrogen-bond acceptors (Lipinski definition) is 3. The molecule has 0 aromatic carbocycles. The van der Waals surface area contributed by atoms with Crippen molar-refractivity contribution in [2.24, 2.45) is 5.41 Å². The molecule has 0 N–H and O–H groups in total. The summed E-state index contributed by atoms with van der Waals surface area (Å²) in [7, 11) is 0. The van der Waals surface area contributed by atoms with Gasteiger partial charge in [0.25, 0.3) is 0 Å². The Morgan fingerprint density at radius 1 is 1.36 bits per heavy atom. The van der Waals surface area contributed by atoms with Crippen molar-refractivity contribution in [3.63, 3.8) is 0 Å². The van der Waals surface area contributed by atoms with Crippen LogP contribution in [0.3, 0.4) is 0 Å². The van der Waals surface area contributed by atoms with E-state index in [-0.39, 0.29) is 18.4 Å². The summed E-state index contributed by atoms with van der Waals surface area (Å²) in [5.74, 6) is -0.767. The quantitative estimate of drug-likeness (QED) is 0.561. The van der Waals surface area contributed by atoms with Gasteiger partial charge >= 0.3 is 5.97 Å². The Kier molecular flexibility index (Phi) is 3.23. The van der Waals surface area contributed by atoms with Crippen molar-refractivity contribution in [2.45, 2.75) is 20.8 Å². The van der Waals surface area contributed by atoms with E-state index in [9.17, 15) is 9.59 Å². The number of rotatable bonds is 2. The van der Waals surface area contributed by atoms with Crippen LogP contribution in [0.5, 0.6) is 0 Å². The number of hydrogen-bond donors (Lipinski definition) is 0. The van der Waals surface area contributed by atoms with Gasteiger partial charge in [-0.1, -0.05) is 0 Å². The summed E-state index contributed by atoms with van der Waals surface area (Å²) >= 11 is 0. The van der Waals surface area contributed by atoms with Crippen LogP contribution >= 0.6 is 0 Å². The van der Waals surface area contributed by atoms with Gasteiger partial charge in [-0.3, -0.25) is 9.59 Å². The molecule has 0 atom stereocenters. The molecule has 1 radical (unpaired) electrons. The van der Waals surface area contributed by atoms with Crippen molar-refractivity contribution >= 4 is 11.8 Å². The summed E-state index contributed by atoms with van der Waals surface area (Å²) in [6.07, 6.45) is 0. The van der Waals surface area contributed by atoms with Crippen LogP contribution in [0.25, 0.3) is 0 Å². The molecule has 0 bridgehead atoms. The highest BCUT2D eigenvalue weighted by atomic mass is 16.5. The van der Waals surface area contributed by atoms with Crippen molar-refractivity contribution in [1.82, 2.24) is 0 Å². The third-order valence-electron chi connectivity index (χ3n) is 0.977. The molecule has 0 spiro atoms. The fraction of sp³-hybridized carbons (Fsp3) is 0.625. The van der Waals surface area contributed by atoms with E-state index in [2.05, 4.69) is 11.7 Å². The predicted molar refractivity (Wildman–Crippen MR) is 40.8 cm³/mol. The molecule has 0 aliphatic carbocycles. The average molecular weight is 157 g/mol. The Balaban J connectivity index is 3.80.